The molecule has 3 aromatic carbocycles. The Labute approximate surface area is 257 Å². The van der Waals surface area contributed by atoms with Gasteiger partial charge in [-0.25, -0.2) is 0 Å². The second-order valence-electron chi connectivity index (χ2n) is 12.8. The maximum absolute atomic E-state index is 14.1. The summed E-state index contributed by atoms with van der Waals surface area (Å²) in [6.07, 6.45) is 1.26. The first-order valence-corrected chi connectivity index (χ1v) is 15.9. The third kappa shape index (κ3) is 5.18. The van der Waals surface area contributed by atoms with Gasteiger partial charge in [0.15, 0.2) is 5.78 Å². The van der Waals surface area contributed by atoms with Gasteiger partial charge in [0.2, 0.25) is 5.91 Å². The zero-order valence-electron chi connectivity index (χ0n) is 25.0. The number of para-hydroxylation sites is 2. The summed E-state index contributed by atoms with van der Waals surface area (Å²) in [5.41, 5.74) is 5.68. The van der Waals surface area contributed by atoms with Crippen LogP contribution < -0.4 is 15.1 Å². The summed E-state index contributed by atoms with van der Waals surface area (Å²) < 4.78 is 5.92. The number of rotatable bonds is 4. The minimum Gasteiger partial charge on any atom is -0.357 e. The van der Waals surface area contributed by atoms with Crippen LogP contribution in [0.15, 0.2) is 84.1 Å². The van der Waals surface area contributed by atoms with Gasteiger partial charge in [0.1, 0.15) is 5.82 Å². The summed E-state index contributed by atoms with van der Waals surface area (Å²) in [6.45, 7) is 9.31. The molecule has 1 N–H and O–H groups in total. The van der Waals surface area contributed by atoms with Gasteiger partial charge in [-0.15, -0.1) is 0 Å². The second kappa shape index (κ2) is 10.8. The highest BCUT2D eigenvalue weighted by molar-refractivity contribution is 7.13. The Hall–Kier alpha value is -4.17. The molecule has 1 saturated heterocycles. The molecule has 4 aromatic rings. The number of piperazine rings is 1. The maximum atomic E-state index is 14.1. The van der Waals surface area contributed by atoms with Gasteiger partial charge in [-0.05, 0) is 60.1 Å². The number of ketones is 1. The van der Waals surface area contributed by atoms with Crippen LogP contribution in [0.4, 0.5) is 17.2 Å². The summed E-state index contributed by atoms with van der Waals surface area (Å²) in [6, 6.07) is 24.5. The fourth-order valence-electron chi connectivity index (χ4n) is 6.84. The average molecular weight is 592 g/mol. The number of benzene rings is 3. The Morgan fingerprint density at radius 2 is 1.67 bits per heavy atom. The van der Waals surface area contributed by atoms with Crippen LogP contribution in [-0.2, 0) is 9.59 Å². The van der Waals surface area contributed by atoms with Crippen LogP contribution in [-0.4, -0.2) is 53.7 Å². The van der Waals surface area contributed by atoms with Crippen molar-refractivity contribution in [3.05, 3.63) is 95.2 Å². The minimum atomic E-state index is -0.359. The average Bonchev–Trinajstić information content (AvgIpc) is 3.37. The van der Waals surface area contributed by atoms with E-state index in [0.717, 1.165) is 59.1 Å². The third-order valence-corrected chi connectivity index (χ3v) is 9.81. The predicted octanol–water partition coefficient (Wildman–Crippen LogP) is 6.57. The largest absolute Gasteiger partial charge is 0.357 e. The number of fused-ring (bicyclic) bond motifs is 2. The molecule has 1 aromatic heterocycles. The molecule has 8 heteroatoms. The van der Waals surface area contributed by atoms with Crippen molar-refractivity contribution in [3.63, 3.8) is 0 Å². The number of aryl methyl sites for hydroxylation is 1. The van der Waals surface area contributed by atoms with Crippen molar-refractivity contribution < 1.29 is 9.59 Å². The molecule has 3 aliphatic rings. The Kier molecular flexibility index (Phi) is 6.96. The molecule has 0 saturated carbocycles. The number of hydrogen-bond acceptors (Lipinski definition) is 7. The van der Waals surface area contributed by atoms with Crippen molar-refractivity contribution in [2.45, 2.75) is 39.7 Å². The Balaban J connectivity index is 1.21. The molecule has 220 valence electrons. The Morgan fingerprint density at radius 3 is 2.47 bits per heavy atom. The molecule has 1 amide bonds. The first kappa shape index (κ1) is 27.7. The van der Waals surface area contributed by atoms with E-state index in [9.17, 15) is 9.59 Å². The third-order valence-electron chi connectivity index (χ3n) is 8.99. The predicted molar refractivity (Wildman–Crippen MR) is 175 cm³/mol. The molecule has 0 bridgehead atoms. The highest BCUT2D eigenvalue weighted by Gasteiger charge is 2.42. The lowest BCUT2D eigenvalue weighted by Crippen LogP contribution is -2.52. The van der Waals surface area contributed by atoms with E-state index in [1.807, 2.05) is 23.1 Å². The van der Waals surface area contributed by atoms with Crippen molar-refractivity contribution in [2.24, 2.45) is 5.41 Å². The molecule has 1 unspecified atom stereocenters. The molecule has 7 nitrogen and oxygen atoms in total. The minimum absolute atomic E-state index is 0.0716. The van der Waals surface area contributed by atoms with Crippen LogP contribution >= 0.6 is 11.5 Å². The quantitative estimate of drug-likeness (QED) is 0.290. The van der Waals surface area contributed by atoms with Crippen molar-refractivity contribution in [3.8, 4) is 0 Å². The molecule has 1 aliphatic carbocycles. The van der Waals surface area contributed by atoms with Gasteiger partial charge in [0, 0.05) is 49.3 Å². The number of carbonyl (C=O) groups excluding carboxylic acids is 2. The van der Waals surface area contributed by atoms with Crippen molar-refractivity contribution in [1.82, 2.24) is 9.27 Å². The van der Waals surface area contributed by atoms with E-state index in [4.69, 9.17) is 4.37 Å². The summed E-state index contributed by atoms with van der Waals surface area (Å²) in [5, 5.41) is 4.83. The lowest BCUT2D eigenvalue weighted by molar-refractivity contribution is -0.130. The van der Waals surface area contributed by atoms with Gasteiger partial charge in [-0.2, -0.15) is 4.37 Å². The maximum Gasteiger partial charge on any atom is 0.242 e. The van der Waals surface area contributed by atoms with Crippen LogP contribution in [0, 0.1) is 12.3 Å². The highest BCUT2D eigenvalue weighted by Crippen LogP contribution is 2.48. The summed E-state index contributed by atoms with van der Waals surface area (Å²) in [7, 11) is 0. The van der Waals surface area contributed by atoms with E-state index in [1.165, 1.54) is 21.6 Å². The van der Waals surface area contributed by atoms with Crippen LogP contribution in [0.1, 0.15) is 43.9 Å². The zero-order chi connectivity index (χ0) is 29.7. The van der Waals surface area contributed by atoms with Gasteiger partial charge in [-0.1, -0.05) is 67.9 Å². The number of carbonyl (C=O) groups is 2. The van der Waals surface area contributed by atoms with E-state index >= 15 is 0 Å². The zero-order valence-corrected chi connectivity index (χ0v) is 25.8. The Bertz CT molecular complexity index is 1730. The number of anilines is 3. The Morgan fingerprint density at radius 1 is 0.953 bits per heavy atom. The molecule has 1 atom stereocenters. The topological polar surface area (TPSA) is 68.8 Å². The molecule has 7 rings (SSSR count). The monoisotopic (exact) mass is 591 g/mol. The number of allylic oxidation sites excluding steroid dienone is 1. The highest BCUT2D eigenvalue weighted by atomic mass is 32.1. The number of aromatic nitrogens is 1. The van der Waals surface area contributed by atoms with E-state index in [0.29, 0.717) is 19.5 Å². The van der Waals surface area contributed by atoms with Gasteiger partial charge in [-0.3, -0.25) is 9.59 Å². The molecular weight excluding hydrogens is 554 g/mol. The standard InChI is InChI=1S/C35H37N5O2S/c1-23-12-14-24(15-13-23)33-32-27(20-35(2,3)21-29(32)41)36-26-9-5-6-10-28(26)40(33)22-31(42)38-16-18-39(19-17-38)34-25-8-4-7-11-30(25)43-37-34/h4-15,33,36H,16-22H2,1-3H3. The van der Waals surface area contributed by atoms with E-state index in [2.05, 4.69) is 90.5 Å². The molecule has 1 fully saturated rings. The number of nitrogens with zero attached hydrogens (tertiary/aromatic N) is 4. The number of amides is 1. The van der Waals surface area contributed by atoms with E-state index in [-0.39, 0.29) is 29.7 Å². The van der Waals surface area contributed by atoms with Gasteiger partial charge in [0.05, 0.1) is 28.7 Å². The van der Waals surface area contributed by atoms with Crippen molar-refractivity contribution in [1.29, 1.82) is 0 Å². The van der Waals surface area contributed by atoms with E-state index in [1.54, 1.807) is 0 Å². The lowest BCUT2D eigenvalue weighted by Gasteiger charge is -2.40. The van der Waals surface area contributed by atoms with Crippen molar-refractivity contribution >= 4 is 50.5 Å². The first-order valence-electron chi connectivity index (χ1n) is 15.1. The molecule has 3 heterocycles. The molecule has 0 radical (unpaired) electrons. The smallest absolute Gasteiger partial charge is 0.242 e. The van der Waals surface area contributed by atoms with Crippen LogP contribution in [0.2, 0.25) is 0 Å². The van der Waals surface area contributed by atoms with Gasteiger partial charge >= 0.3 is 0 Å². The summed E-state index contributed by atoms with van der Waals surface area (Å²) in [5.74, 6) is 1.24. The molecular formula is C35H37N5O2S. The van der Waals surface area contributed by atoms with Gasteiger partial charge < -0.3 is 20.0 Å². The van der Waals surface area contributed by atoms with Gasteiger partial charge in [0.25, 0.3) is 0 Å². The number of nitrogens with one attached hydrogen (secondary N) is 1. The second-order valence-corrected chi connectivity index (χ2v) is 13.6. The molecule has 43 heavy (non-hydrogen) atoms. The summed E-state index contributed by atoms with van der Waals surface area (Å²) >= 11 is 1.52. The molecule has 0 spiro atoms. The number of hydrogen-bond donors (Lipinski definition) is 1. The van der Waals surface area contributed by atoms with Crippen LogP contribution in [0.25, 0.3) is 10.1 Å². The normalized spacial score (nSPS) is 20.0. The van der Waals surface area contributed by atoms with Crippen LogP contribution in [0.3, 0.4) is 0 Å². The van der Waals surface area contributed by atoms with Crippen molar-refractivity contribution in [2.75, 3.05) is 47.8 Å². The summed E-state index contributed by atoms with van der Waals surface area (Å²) in [4.78, 5) is 34.5. The number of Topliss-reactive ketones (excluding diaryl/α,β-unsaturated/α-hetero) is 1. The fraction of sp³-hybridized carbons (Fsp3) is 0.343. The van der Waals surface area contributed by atoms with Crippen LogP contribution in [0.5, 0.6) is 0 Å². The SMILES string of the molecule is Cc1ccc(C2C3=C(CC(C)(C)CC3=O)Nc3ccccc3N2CC(=O)N2CCN(c3nsc4ccccc34)CC2)cc1. The lowest BCUT2D eigenvalue weighted by atomic mass is 9.73. The molecule has 2 aliphatic heterocycles. The first-order chi connectivity index (χ1) is 20.8. The van der Waals surface area contributed by atoms with E-state index < -0.39 is 0 Å². The fourth-order valence-corrected chi connectivity index (χ4v) is 7.63.